The lowest BCUT2D eigenvalue weighted by Crippen LogP contribution is -2.39. The number of rotatable bonds is 4. The monoisotopic (exact) mass is 376 g/mol. The number of nitrogens with zero attached hydrogens (tertiary/aromatic N) is 2. The molecular formula is C23H24N2O3. The highest BCUT2D eigenvalue weighted by Gasteiger charge is 2.28. The summed E-state index contributed by atoms with van der Waals surface area (Å²) in [7, 11) is 3.17. The van der Waals surface area contributed by atoms with Gasteiger partial charge in [-0.2, -0.15) is 0 Å². The van der Waals surface area contributed by atoms with Crippen LogP contribution in [0.1, 0.15) is 34.8 Å². The van der Waals surface area contributed by atoms with Crippen molar-refractivity contribution in [1.29, 1.82) is 0 Å². The SMILES string of the molecule is COc1ccc(C(=O)N2CCCC(c3cc4ccccc4cn3)C2)c(OC)c1. The molecule has 28 heavy (non-hydrogen) atoms. The van der Waals surface area contributed by atoms with Crippen LogP contribution in [0.5, 0.6) is 11.5 Å². The maximum absolute atomic E-state index is 13.2. The summed E-state index contributed by atoms with van der Waals surface area (Å²) >= 11 is 0. The van der Waals surface area contributed by atoms with Crippen LogP contribution in [0.4, 0.5) is 0 Å². The van der Waals surface area contributed by atoms with Crippen LogP contribution in [0.2, 0.25) is 0 Å². The summed E-state index contributed by atoms with van der Waals surface area (Å²) in [6, 6.07) is 15.7. The molecule has 0 bridgehead atoms. The van der Waals surface area contributed by atoms with Crippen molar-refractivity contribution in [2.45, 2.75) is 18.8 Å². The zero-order valence-electron chi connectivity index (χ0n) is 16.2. The second-order valence-corrected chi connectivity index (χ2v) is 7.11. The number of amides is 1. The molecule has 144 valence electrons. The fourth-order valence-corrected chi connectivity index (χ4v) is 3.87. The van der Waals surface area contributed by atoms with Gasteiger partial charge in [0, 0.05) is 42.4 Å². The van der Waals surface area contributed by atoms with E-state index in [1.54, 1.807) is 32.4 Å². The first-order chi connectivity index (χ1) is 13.7. The molecule has 0 N–H and O–H groups in total. The Kier molecular flexibility index (Phi) is 5.15. The van der Waals surface area contributed by atoms with Crippen molar-refractivity contribution < 1.29 is 14.3 Å². The molecule has 1 aliphatic rings. The van der Waals surface area contributed by atoms with E-state index < -0.39 is 0 Å². The Labute approximate surface area is 164 Å². The molecule has 1 aromatic heterocycles. The smallest absolute Gasteiger partial charge is 0.257 e. The molecule has 1 fully saturated rings. The summed E-state index contributed by atoms with van der Waals surface area (Å²) in [4.78, 5) is 19.7. The third-order valence-corrected chi connectivity index (χ3v) is 5.42. The van der Waals surface area contributed by atoms with E-state index in [2.05, 4.69) is 23.2 Å². The zero-order chi connectivity index (χ0) is 19.5. The number of aromatic nitrogens is 1. The molecule has 5 nitrogen and oxygen atoms in total. The number of likely N-dealkylation sites (tertiary alicyclic amines) is 1. The Balaban J connectivity index is 1.57. The number of carbonyl (C=O) groups is 1. The van der Waals surface area contributed by atoms with Gasteiger partial charge in [0.05, 0.1) is 19.8 Å². The first-order valence-corrected chi connectivity index (χ1v) is 9.55. The normalized spacial score (nSPS) is 16.8. The lowest BCUT2D eigenvalue weighted by atomic mass is 9.93. The summed E-state index contributed by atoms with van der Waals surface area (Å²) < 4.78 is 10.7. The third-order valence-electron chi connectivity index (χ3n) is 5.42. The lowest BCUT2D eigenvalue weighted by Gasteiger charge is -2.33. The summed E-state index contributed by atoms with van der Waals surface area (Å²) in [5.74, 6) is 1.44. The van der Waals surface area contributed by atoms with E-state index in [1.807, 2.05) is 23.2 Å². The second-order valence-electron chi connectivity index (χ2n) is 7.11. The minimum absolute atomic E-state index is 0.00927. The van der Waals surface area contributed by atoms with Gasteiger partial charge in [0.1, 0.15) is 11.5 Å². The molecule has 0 radical (unpaired) electrons. The lowest BCUT2D eigenvalue weighted by molar-refractivity contribution is 0.0702. The van der Waals surface area contributed by atoms with Crippen LogP contribution < -0.4 is 9.47 Å². The molecule has 2 aromatic carbocycles. The largest absolute Gasteiger partial charge is 0.497 e. The summed E-state index contributed by atoms with van der Waals surface area (Å²) in [5.41, 5.74) is 1.62. The van der Waals surface area contributed by atoms with Crippen LogP contribution in [0.3, 0.4) is 0 Å². The van der Waals surface area contributed by atoms with Gasteiger partial charge in [-0.15, -0.1) is 0 Å². The molecule has 4 rings (SSSR count). The number of hydrogen-bond acceptors (Lipinski definition) is 4. The fraction of sp³-hybridized carbons (Fsp3) is 0.304. The molecule has 0 aliphatic carbocycles. The van der Waals surface area contributed by atoms with Crippen molar-refractivity contribution in [2.24, 2.45) is 0 Å². The first-order valence-electron chi connectivity index (χ1n) is 9.55. The highest BCUT2D eigenvalue weighted by atomic mass is 16.5. The van der Waals surface area contributed by atoms with Gasteiger partial charge in [0.25, 0.3) is 5.91 Å². The molecule has 2 heterocycles. The van der Waals surface area contributed by atoms with Crippen molar-refractivity contribution >= 4 is 16.7 Å². The van der Waals surface area contributed by atoms with Crippen LogP contribution in [-0.2, 0) is 0 Å². The van der Waals surface area contributed by atoms with Gasteiger partial charge in [-0.1, -0.05) is 24.3 Å². The van der Waals surface area contributed by atoms with Crippen molar-refractivity contribution in [1.82, 2.24) is 9.88 Å². The number of piperidine rings is 1. The van der Waals surface area contributed by atoms with E-state index in [-0.39, 0.29) is 11.8 Å². The minimum Gasteiger partial charge on any atom is -0.497 e. The summed E-state index contributed by atoms with van der Waals surface area (Å²) in [5, 5.41) is 2.32. The average molecular weight is 376 g/mol. The average Bonchev–Trinajstić information content (AvgIpc) is 2.77. The highest BCUT2D eigenvalue weighted by Crippen LogP contribution is 2.31. The van der Waals surface area contributed by atoms with Crippen molar-refractivity contribution in [3.63, 3.8) is 0 Å². The Morgan fingerprint density at radius 3 is 2.68 bits per heavy atom. The maximum atomic E-state index is 13.2. The maximum Gasteiger partial charge on any atom is 0.257 e. The predicted molar refractivity (Wildman–Crippen MR) is 109 cm³/mol. The van der Waals surface area contributed by atoms with E-state index in [0.717, 1.165) is 30.5 Å². The molecule has 1 saturated heterocycles. The number of benzene rings is 2. The Hall–Kier alpha value is -3.08. The van der Waals surface area contributed by atoms with Gasteiger partial charge < -0.3 is 14.4 Å². The molecule has 5 heteroatoms. The van der Waals surface area contributed by atoms with Crippen molar-refractivity contribution in [3.05, 3.63) is 66.0 Å². The van der Waals surface area contributed by atoms with Crippen LogP contribution in [0, 0.1) is 0 Å². The number of hydrogen-bond donors (Lipinski definition) is 0. The van der Waals surface area contributed by atoms with Crippen LogP contribution >= 0.6 is 0 Å². The van der Waals surface area contributed by atoms with Gasteiger partial charge in [0.15, 0.2) is 0 Å². The third kappa shape index (κ3) is 3.52. The molecule has 0 spiro atoms. The standard InChI is InChI=1S/C23H24N2O3/c1-27-19-9-10-20(22(13-19)28-2)23(26)25-11-5-8-18(15-25)21-12-16-6-3-4-7-17(16)14-24-21/h3-4,6-7,9-10,12-14,18H,5,8,11,15H2,1-2H3. The topological polar surface area (TPSA) is 51.7 Å². The minimum atomic E-state index is -0.00927. The predicted octanol–water partition coefficient (Wildman–Crippen LogP) is 4.27. The molecule has 3 aromatic rings. The molecular weight excluding hydrogens is 352 g/mol. The van der Waals surface area contributed by atoms with Crippen LogP contribution in [-0.4, -0.2) is 43.1 Å². The van der Waals surface area contributed by atoms with Crippen molar-refractivity contribution in [3.8, 4) is 11.5 Å². The van der Waals surface area contributed by atoms with Crippen molar-refractivity contribution in [2.75, 3.05) is 27.3 Å². The van der Waals surface area contributed by atoms with E-state index in [0.29, 0.717) is 23.6 Å². The first kappa shape index (κ1) is 18.3. The number of ether oxygens (including phenoxy) is 2. The van der Waals surface area contributed by atoms with E-state index in [4.69, 9.17) is 9.47 Å². The van der Waals surface area contributed by atoms with Gasteiger partial charge >= 0.3 is 0 Å². The highest BCUT2D eigenvalue weighted by molar-refractivity contribution is 5.97. The summed E-state index contributed by atoms with van der Waals surface area (Å²) in [6.45, 7) is 1.41. The molecule has 0 saturated carbocycles. The number of pyridine rings is 1. The molecule has 1 unspecified atom stereocenters. The molecule has 1 amide bonds. The Morgan fingerprint density at radius 2 is 1.89 bits per heavy atom. The Morgan fingerprint density at radius 1 is 1.07 bits per heavy atom. The fourth-order valence-electron chi connectivity index (χ4n) is 3.87. The van der Waals surface area contributed by atoms with Gasteiger partial charge in [-0.05, 0) is 36.4 Å². The Bertz CT molecular complexity index is 1000. The molecule has 1 atom stereocenters. The van der Waals surface area contributed by atoms with Gasteiger partial charge in [0.2, 0.25) is 0 Å². The van der Waals surface area contributed by atoms with E-state index >= 15 is 0 Å². The number of fused-ring (bicyclic) bond motifs is 1. The number of carbonyl (C=O) groups excluding carboxylic acids is 1. The molecule has 1 aliphatic heterocycles. The van der Waals surface area contributed by atoms with E-state index in [9.17, 15) is 4.79 Å². The summed E-state index contributed by atoms with van der Waals surface area (Å²) in [6.07, 6.45) is 3.93. The number of methoxy groups -OCH3 is 2. The van der Waals surface area contributed by atoms with Gasteiger partial charge in [-0.25, -0.2) is 0 Å². The zero-order valence-corrected chi connectivity index (χ0v) is 16.2. The van der Waals surface area contributed by atoms with Gasteiger partial charge in [-0.3, -0.25) is 9.78 Å². The quantitative estimate of drug-likeness (QED) is 0.682. The second kappa shape index (κ2) is 7.89. The van der Waals surface area contributed by atoms with Crippen LogP contribution in [0.25, 0.3) is 10.8 Å². The van der Waals surface area contributed by atoms with E-state index in [1.165, 1.54) is 5.39 Å². The van der Waals surface area contributed by atoms with Crippen LogP contribution in [0.15, 0.2) is 54.7 Å².